The van der Waals surface area contributed by atoms with Crippen molar-refractivity contribution in [3.63, 3.8) is 0 Å². The van der Waals surface area contributed by atoms with Crippen molar-refractivity contribution >= 4 is 32.9 Å². The number of nitrogens with one attached hydrogen (secondary N) is 1. The number of benzene rings is 2. The Hall–Kier alpha value is -2.34. The molecule has 0 bridgehead atoms. The molecule has 5 nitrogen and oxygen atoms in total. The van der Waals surface area contributed by atoms with Gasteiger partial charge in [-0.1, -0.05) is 12.1 Å². The number of halogens is 1. The standard InChI is InChI=1S/C18H18BrN3O2/c1-12-21-16-5-3-4-6-17(16)22(12)10-9-20-18(23)14-11-13(24-2)7-8-15(14)19/h3-8,11H,9-10H2,1-2H3,(H,20,23). The van der Waals surface area contributed by atoms with Crippen LogP contribution in [0, 0.1) is 6.92 Å². The van der Waals surface area contributed by atoms with Gasteiger partial charge in [-0.05, 0) is 53.2 Å². The largest absolute Gasteiger partial charge is 0.497 e. The van der Waals surface area contributed by atoms with Crippen LogP contribution >= 0.6 is 15.9 Å². The second-order valence-corrected chi connectivity index (χ2v) is 6.26. The van der Waals surface area contributed by atoms with Gasteiger partial charge >= 0.3 is 0 Å². The zero-order valence-electron chi connectivity index (χ0n) is 13.5. The number of nitrogens with zero attached hydrogens (tertiary/aromatic N) is 2. The van der Waals surface area contributed by atoms with E-state index in [1.165, 1.54) is 0 Å². The number of carbonyl (C=O) groups excluding carboxylic acids is 1. The second-order valence-electron chi connectivity index (χ2n) is 5.40. The normalized spacial score (nSPS) is 10.8. The van der Waals surface area contributed by atoms with Crippen LogP contribution in [0.15, 0.2) is 46.9 Å². The van der Waals surface area contributed by atoms with Crippen molar-refractivity contribution in [2.75, 3.05) is 13.7 Å². The molecule has 6 heteroatoms. The Bertz CT molecular complexity index is 889. The molecule has 3 rings (SSSR count). The van der Waals surface area contributed by atoms with Gasteiger partial charge in [-0.2, -0.15) is 0 Å². The summed E-state index contributed by atoms with van der Waals surface area (Å²) in [5.41, 5.74) is 2.60. The van der Waals surface area contributed by atoms with E-state index in [-0.39, 0.29) is 5.91 Å². The fraction of sp³-hybridized carbons (Fsp3) is 0.222. The molecule has 1 heterocycles. The Kier molecular flexibility index (Phi) is 4.85. The average molecular weight is 388 g/mol. The summed E-state index contributed by atoms with van der Waals surface area (Å²) in [7, 11) is 1.58. The molecule has 3 aromatic rings. The molecule has 1 aromatic heterocycles. The third kappa shape index (κ3) is 3.28. The van der Waals surface area contributed by atoms with Crippen LogP contribution in [0.1, 0.15) is 16.2 Å². The summed E-state index contributed by atoms with van der Waals surface area (Å²) in [5.74, 6) is 1.45. The highest BCUT2D eigenvalue weighted by Gasteiger charge is 2.12. The van der Waals surface area contributed by atoms with Crippen LogP contribution in [0.4, 0.5) is 0 Å². The first-order chi connectivity index (χ1) is 11.6. The zero-order valence-corrected chi connectivity index (χ0v) is 15.1. The summed E-state index contributed by atoms with van der Waals surface area (Å²) in [4.78, 5) is 16.9. The van der Waals surface area contributed by atoms with Gasteiger partial charge in [-0.3, -0.25) is 4.79 Å². The maximum Gasteiger partial charge on any atom is 0.252 e. The quantitative estimate of drug-likeness (QED) is 0.728. The van der Waals surface area contributed by atoms with Crippen LogP contribution in [0.25, 0.3) is 11.0 Å². The number of para-hydroxylation sites is 2. The average Bonchev–Trinajstić information content (AvgIpc) is 2.91. The molecule has 24 heavy (non-hydrogen) atoms. The number of aryl methyl sites for hydroxylation is 1. The maximum absolute atomic E-state index is 12.4. The number of carbonyl (C=O) groups is 1. The molecule has 0 spiro atoms. The Morgan fingerprint density at radius 2 is 2.08 bits per heavy atom. The van der Waals surface area contributed by atoms with Gasteiger partial charge in [-0.15, -0.1) is 0 Å². The van der Waals surface area contributed by atoms with E-state index in [1.807, 2.05) is 37.3 Å². The van der Waals surface area contributed by atoms with E-state index in [0.717, 1.165) is 21.3 Å². The van der Waals surface area contributed by atoms with Crippen molar-refractivity contribution in [1.82, 2.24) is 14.9 Å². The summed E-state index contributed by atoms with van der Waals surface area (Å²) in [5, 5.41) is 2.95. The third-order valence-corrected chi connectivity index (χ3v) is 4.58. The molecule has 0 fully saturated rings. The minimum absolute atomic E-state index is 0.136. The van der Waals surface area contributed by atoms with Crippen molar-refractivity contribution in [1.29, 1.82) is 0 Å². The Morgan fingerprint density at radius 1 is 1.29 bits per heavy atom. The summed E-state index contributed by atoms with van der Waals surface area (Å²) in [6.07, 6.45) is 0. The molecule has 1 N–H and O–H groups in total. The molecular weight excluding hydrogens is 370 g/mol. The fourth-order valence-electron chi connectivity index (χ4n) is 2.66. The molecule has 0 aliphatic heterocycles. The van der Waals surface area contributed by atoms with Gasteiger partial charge in [0.1, 0.15) is 11.6 Å². The van der Waals surface area contributed by atoms with Crippen molar-refractivity contribution in [2.24, 2.45) is 0 Å². The molecule has 1 amide bonds. The molecule has 0 aliphatic carbocycles. The van der Waals surface area contributed by atoms with Gasteiger partial charge in [0.15, 0.2) is 0 Å². The third-order valence-electron chi connectivity index (χ3n) is 3.88. The molecule has 0 saturated carbocycles. The van der Waals surface area contributed by atoms with E-state index in [0.29, 0.717) is 24.4 Å². The van der Waals surface area contributed by atoms with Gasteiger partial charge < -0.3 is 14.6 Å². The lowest BCUT2D eigenvalue weighted by molar-refractivity contribution is 0.0951. The minimum Gasteiger partial charge on any atom is -0.497 e. The highest BCUT2D eigenvalue weighted by molar-refractivity contribution is 9.10. The topological polar surface area (TPSA) is 56.1 Å². The number of ether oxygens (including phenoxy) is 1. The molecule has 124 valence electrons. The van der Waals surface area contributed by atoms with E-state index in [4.69, 9.17) is 4.74 Å². The van der Waals surface area contributed by atoms with Gasteiger partial charge in [0.2, 0.25) is 0 Å². The lowest BCUT2D eigenvalue weighted by Crippen LogP contribution is -2.27. The lowest BCUT2D eigenvalue weighted by Gasteiger charge is -2.10. The van der Waals surface area contributed by atoms with Gasteiger partial charge in [-0.25, -0.2) is 4.98 Å². The van der Waals surface area contributed by atoms with Crippen LogP contribution in [0.3, 0.4) is 0 Å². The van der Waals surface area contributed by atoms with Crippen LogP contribution < -0.4 is 10.1 Å². The zero-order chi connectivity index (χ0) is 17.1. The predicted octanol–water partition coefficient (Wildman–Crippen LogP) is 3.55. The van der Waals surface area contributed by atoms with Gasteiger partial charge in [0, 0.05) is 17.6 Å². The molecule has 2 aromatic carbocycles. The van der Waals surface area contributed by atoms with Gasteiger partial charge in [0.25, 0.3) is 5.91 Å². The smallest absolute Gasteiger partial charge is 0.252 e. The lowest BCUT2D eigenvalue weighted by atomic mass is 10.2. The molecule has 0 saturated heterocycles. The Balaban J connectivity index is 1.70. The number of aromatic nitrogens is 2. The predicted molar refractivity (Wildman–Crippen MR) is 97.5 cm³/mol. The van der Waals surface area contributed by atoms with Crippen molar-refractivity contribution in [3.8, 4) is 5.75 Å². The highest BCUT2D eigenvalue weighted by atomic mass is 79.9. The first-order valence-corrected chi connectivity index (χ1v) is 8.43. The summed E-state index contributed by atoms with van der Waals surface area (Å²) >= 11 is 3.40. The number of hydrogen-bond acceptors (Lipinski definition) is 3. The van der Waals surface area contributed by atoms with E-state index in [2.05, 4.69) is 30.8 Å². The Labute approximate surface area is 148 Å². The van der Waals surface area contributed by atoms with E-state index in [1.54, 1.807) is 19.2 Å². The summed E-state index contributed by atoms with van der Waals surface area (Å²) in [6.45, 7) is 3.16. The molecule has 0 aliphatic rings. The summed E-state index contributed by atoms with van der Waals surface area (Å²) < 4.78 is 8.02. The molecule has 0 unspecified atom stereocenters. The van der Waals surface area contributed by atoms with Crippen LogP contribution in [-0.4, -0.2) is 29.1 Å². The van der Waals surface area contributed by atoms with Crippen molar-refractivity contribution in [3.05, 3.63) is 58.3 Å². The summed E-state index contributed by atoms with van der Waals surface area (Å²) in [6, 6.07) is 13.3. The van der Waals surface area contributed by atoms with E-state index in [9.17, 15) is 4.79 Å². The minimum atomic E-state index is -0.136. The fourth-order valence-corrected chi connectivity index (χ4v) is 3.09. The maximum atomic E-state index is 12.4. The van der Waals surface area contributed by atoms with Crippen LogP contribution in [-0.2, 0) is 6.54 Å². The number of methoxy groups -OCH3 is 1. The molecule has 0 radical (unpaired) electrons. The second kappa shape index (κ2) is 7.05. The van der Waals surface area contributed by atoms with E-state index >= 15 is 0 Å². The Morgan fingerprint density at radius 3 is 2.88 bits per heavy atom. The highest BCUT2D eigenvalue weighted by Crippen LogP contribution is 2.22. The first kappa shape index (κ1) is 16.5. The van der Waals surface area contributed by atoms with Crippen LogP contribution in [0.5, 0.6) is 5.75 Å². The SMILES string of the molecule is COc1ccc(Br)c(C(=O)NCCn2c(C)nc3ccccc32)c1. The monoisotopic (exact) mass is 387 g/mol. The van der Waals surface area contributed by atoms with Crippen LogP contribution in [0.2, 0.25) is 0 Å². The molecule has 0 atom stereocenters. The number of fused-ring (bicyclic) bond motifs is 1. The molecular formula is C18H18BrN3O2. The number of imidazole rings is 1. The number of hydrogen-bond donors (Lipinski definition) is 1. The van der Waals surface area contributed by atoms with Crippen molar-refractivity contribution in [2.45, 2.75) is 13.5 Å². The van der Waals surface area contributed by atoms with Crippen molar-refractivity contribution < 1.29 is 9.53 Å². The van der Waals surface area contributed by atoms with E-state index < -0.39 is 0 Å². The van der Waals surface area contributed by atoms with Gasteiger partial charge in [0.05, 0.1) is 23.7 Å². The first-order valence-electron chi connectivity index (χ1n) is 7.64. The number of rotatable bonds is 5. The number of amides is 1.